The molecule has 3 aromatic rings. The zero-order chi connectivity index (χ0) is 19.8. The fourth-order valence-corrected chi connectivity index (χ4v) is 3.52. The minimum Gasteiger partial charge on any atom is -0.351 e. The molecule has 2 aromatic heterocycles. The molecule has 1 atom stereocenters. The van der Waals surface area contributed by atoms with E-state index in [0.29, 0.717) is 30.9 Å². The second-order valence-electron chi connectivity index (χ2n) is 7.14. The predicted octanol–water partition coefficient (Wildman–Crippen LogP) is 2.15. The third-order valence-electron chi connectivity index (χ3n) is 5.04. The molecule has 1 aromatic carbocycles. The highest BCUT2D eigenvalue weighted by Crippen LogP contribution is 2.23. The van der Waals surface area contributed by atoms with Gasteiger partial charge in [-0.2, -0.15) is 5.10 Å². The van der Waals surface area contributed by atoms with Crippen LogP contribution in [0.1, 0.15) is 44.7 Å². The molecule has 0 saturated heterocycles. The Morgan fingerprint density at radius 3 is 2.96 bits per heavy atom. The number of nitrogens with one attached hydrogen (secondary N) is 3. The summed E-state index contributed by atoms with van der Waals surface area (Å²) in [4.78, 5) is 30.2. The molecule has 1 aliphatic rings. The number of rotatable bonds is 3. The second-order valence-corrected chi connectivity index (χ2v) is 7.14. The monoisotopic (exact) mass is 375 g/mol. The highest BCUT2D eigenvalue weighted by molar-refractivity contribution is 5.98. The Bertz CT molecular complexity index is 1120. The van der Waals surface area contributed by atoms with Crippen LogP contribution in [0.4, 0.5) is 0 Å². The number of nitrogens with zero attached hydrogens (tertiary/aromatic N) is 2. The number of carbonyl (C=O) groups excluding carboxylic acids is 2. The van der Waals surface area contributed by atoms with Crippen LogP contribution in [0.15, 0.2) is 24.3 Å². The molecular weight excluding hydrogens is 354 g/mol. The van der Waals surface area contributed by atoms with Crippen LogP contribution < -0.4 is 5.32 Å². The van der Waals surface area contributed by atoms with Crippen molar-refractivity contribution in [2.75, 3.05) is 6.54 Å². The number of fused-ring (bicyclic) bond motifs is 2. The van der Waals surface area contributed by atoms with Crippen LogP contribution in [0.3, 0.4) is 0 Å². The Morgan fingerprint density at radius 1 is 1.36 bits per heavy atom. The lowest BCUT2D eigenvalue weighted by Crippen LogP contribution is -2.37. The molecule has 0 aliphatic carbocycles. The van der Waals surface area contributed by atoms with E-state index in [2.05, 4.69) is 26.4 Å². The molecule has 1 aliphatic heterocycles. The van der Waals surface area contributed by atoms with Crippen molar-refractivity contribution in [2.24, 2.45) is 0 Å². The molecule has 7 heteroatoms. The van der Waals surface area contributed by atoms with Crippen LogP contribution >= 0.6 is 0 Å². The number of H-pyrrole nitrogens is 2. The summed E-state index contributed by atoms with van der Waals surface area (Å²) < 4.78 is 0. The van der Waals surface area contributed by atoms with Gasteiger partial charge in [-0.25, -0.2) is 0 Å². The van der Waals surface area contributed by atoms with Gasteiger partial charge in [0.2, 0.25) is 0 Å². The summed E-state index contributed by atoms with van der Waals surface area (Å²) in [5, 5.41) is 10.8. The maximum Gasteiger partial charge on any atom is 0.273 e. The third-order valence-corrected chi connectivity index (χ3v) is 5.04. The van der Waals surface area contributed by atoms with E-state index in [1.165, 1.54) is 0 Å². The standard InChI is InChI=1S/C21H21N5O2/c1-4-13(3)22-20(27)19-15-7-8-26(11-18(15)24-25-19)21(28)17-10-14-9-12(2)5-6-16(14)23-17/h1,5-6,9-10,13,23H,7-8,11H2,2-3H3,(H,22,27)(H,24,25). The molecule has 2 amide bonds. The van der Waals surface area contributed by atoms with Gasteiger partial charge in [0.15, 0.2) is 5.69 Å². The van der Waals surface area contributed by atoms with Gasteiger partial charge in [0, 0.05) is 23.0 Å². The fraction of sp³-hybridized carbons (Fsp3) is 0.286. The topological polar surface area (TPSA) is 93.9 Å². The van der Waals surface area contributed by atoms with E-state index in [9.17, 15) is 9.59 Å². The molecule has 0 bridgehead atoms. The van der Waals surface area contributed by atoms with Crippen molar-refractivity contribution in [3.63, 3.8) is 0 Å². The lowest BCUT2D eigenvalue weighted by atomic mass is 10.0. The van der Waals surface area contributed by atoms with Crippen LogP contribution in [-0.2, 0) is 13.0 Å². The van der Waals surface area contributed by atoms with E-state index in [1.54, 1.807) is 11.8 Å². The first-order valence-electron chi connectivity index (χ1n) is 9.18. The number of terminal acetylenes is 1. The van der Waals surface area contributed by atoms with Crippen LogP contribution in [0.25, 0.3) is 10.9 Å². The van der Waals surface area contributed by atoms with Gasteiger partial charge < -0.3 is 15.2 Å². The minimum absolute atomic E-state index is 0.0685. The molecule has 7 nitrogen and oxygen atoms in total. The average molecular weight is 375 g/mol. The number of amides is 2. The molecule has 4 rings (SSSR count). The highest BCUT2D eigenvalue weighted by atomic mass is 16.2. The molecule has 0 radical (unpaired) electrons. The molecule has 3 N–H and O–H groups in total. The van der Waals surface area contributed by atoms with Crippen LogP contribution in [0.5, 0.6) is 0 Å². The molecular formula is C21H21N5O2. The summed E-state index contributed by atoms with van der Waals surface area (Å²) in [5.41, 5.74) is 4.63. The lowest BCUT2D eigenvalue weighted by molar-refractivity contribution is 0.0727. The number of carbonyl (C=O) groups is 2. The van der Waals surface area contributed by atoms with Crippen molar-refractivity contribution in [1.82, 2.24) is 25.4 Å². The van der Waals surface area contributed by atoms with Crippen LogP contribution in [0.2, 0.25) is 0 Å². The van der Waals surface area contributed by atoms with E-state index in [1.807, 2.05) is 31.2 Å². The fourth-order valence-electron chi connectivity index (χ4n) is 3.52. The Kier molecular flexibility index (Phi) is 4.40. The van der Waals surface area contributed by atoms with E-state index in [0.717, 1.165) is 27.7 Å². The number of aryl methyl sites for hydroxylation is 1. The SMILES string of the molecule is C#CC(C)NC(=O)c1n[nH]c2c1CCN(C(=O)c1cc3cc(C)ccc3[nH]1)C2. The Labute approximate surface area is 162 Å². The summed E-state index contributed by atoms with van der Waals surface area (Å²) in [6, 6.07) is 7.55. The molecule has 0 spiro atoms. The lowest BCUT2D eigenvalue weighted by Gasteiger charge is -2.26. The molecule has 28 heavy (non-hydrogen) atoms. The second kappa shape index (κ2) is 6.89. The predicted molar refractivity (Wildman–Crippen MR) is 106 cm³/mol. The third kappa shape index (κ3) is 3.14. The Morgan fingerprint density at radius 2 is 2.18 bits per heavy atom. The van der Waals surface area contributed by atoms with Crippen molar-refractivity contribution in [2.45, 2.75) is 32.9 Å². The summed E-state index contributed by atoms with van der Waals surface area (Å²) in [6.07, 6.45) is 5.87. The van der Waals surface area contributed by atoms with Crippen LogP contribution in [-0.4, -0.2) is 44.5 Å². The van der Waals surface area contributed by atoms with E-state index < -0.39 is 0 Å². The molecule has 3 heterocycles. The zero-order valence-electron chi connectivity index (χ0n) is 15.8. The van der Waals surface area contributed by atoms with Crippen LogP contribution in [0, 0.1) is 19.3 Å². The maximum atomic E-state index is 12.9. The Hall–Kier alpha value is -3.53. The summed E-state index contributed by atoms with van der Waals surface area (Å²) in [7, 11) is 0. The smallest absolute Gasteiger partial charge is 0.273 e. The average Bonchev–Trinajstić information content (AvgIpc) is 3.30. The molecule has 142 valence electrons. The first-order valence-corrected chi connectivity index (χ1v) is 9.18. The van der Waals surface area contributed by atoms with Gasteiger partial charge >= 0.3 is 0 Å². The number of hydrogen-bond acceptors (Lipinski definition) is 3. The van der Waals surface area contributed by atoms with Crippen molar-refractivity contribution >= 4 is 22.7 Å². The number of aromatic nitrogens is 3. The van der Waals surface area contributed by atoms with Gasteiger partial charge in [0.1, 0.15) is 5.69 Å². The summed E-state index contributed by atoms with van der Waals surface area (Å²) >= 11 is 0. The van der Waals surface area contributed by atoms with Crippen molar-refractivity contribution in [1.29, 1.82) is 0 Å². The molecule has 0 fully saturated rings. The van der Waals surface area contributed by atoms with Gasteiger partial charge in [0.25, 0.3) is 11.8 Å². The van der Waals surface area contributed by atoms with E-state index in [4.69, 9.17) is 6.42 Å². The van der Waals surface area contributed by atoms with Crippen molar-refractivity contribution in [3.8, 4) is 12.3 Å². The van der Waals surface area contributed by atoms with Gasteiger partial charge in [-0.05, 0) is 38.5 Å². The van der Waals surface area contributed by atoms with E-state index in [-0.39, 0.29) is 17.9 Å². The minimum atomic E-state index is -0.368. The molecule has 0 saturated carbocycles. The van der Waals surface area contributed by atoms with E-state index >= 15 is 0 Å². The van der Waals surface area contributed by atoms with Gasteiger partial charge in [-0.3, -0.25) is 14.7 Å². The Balaban J connectivity index is 1.53. The number of benzene rings is 1. The maximum absolute atomic E-state index is 12.9. The summed E-state index contributed by atoms with van der Waals surface area (Å²) in [6.45, 7) is 4.66. The normalized spacial score (nSPS) is 14.4. The highest BCUT2D eigenvalue weighted by Gasteiger charge is 2.28. The zero-order valence-corrected chi connectivity index (χ0v) is 15.8. The largest absolute Gasteiger partial charge is 0.351 e. The molecule has 1 unspecified atom stereocenters. The van der Waals surface area contributed by atoms with Crippen molar-refractivity contribution < 1.29 is 9.59 Å². The van der Waals surface area contributed by atoms with Gasteiger partial charge in [-0.15, -0.1) is 6.42 Å². The number of hydrogen-bond donors (Lipinski definition) is 3. The van der Waals surface area contributed by atoms with Gasteiger partial charge in [0.05, 0.1) is 18.3 Å². The first-order chi connectivity index (χ1) is 13.5. The van der Waals surface area contributed by atoms with Gasteiger partial charge in [-0.1, -0.05) is 17.6 Å². The summed E-state index contributed by atoms with van der Waals surface area (Å²) in [5.74, 6) is 2.10. The quantitative estimate of drug-likeness (QED) is 0.612. The number of aromatic amines is 2. The van der Waals surface area contributed by atoms with Crippen molar-refractivity contribution in [3.05, 3.63) is 52.5 Å². The first kappa shape index (κ1) is 17.9.